The lowest BCUT2D eigenvalue weighted by Crippen LogP contribution is -1.94. The molecule has 0 aromatic heterocycles. The van der Waals surface area contributed by atoms with Crippen molar-refractivity contribution in [2.24, 2.45) is 0 Å². The molecule has 15 heavy (non-hydrogen) atoms. The third-order valence-corrected chi connectivity index (χ3v) is 2.06. The van der Waals surface area contributed by atoms with Crippen molar-refractivity contribution in [2.45, 2.75) is 13.3 Å². The highest BCUT2D eigenvalue weighted by Crippen LogP contribution is 2.21. The van der Waals surface area contributed by atoms with Crippen LogP contribution in [0.3, 0.4) is 0 Å². The number of ether oxygens (including phenoxy) is 1. The first-order valence-corrected chi connectivity index (χ1v) is 5.46. The van der Waals surface area contributed by atoms with Crippen LogP contribution in [0.5, 0.6) is 5.75 Å². The smallest absolute Gasteiger partial charge is 0.126 e. The van der Waals surface area contributed by atoms with E-state index >= 15 is 0 Å². The minimum atomic E-state index is -0.260. The van der Waals surface area contributed by atoms with E-state index in [0.29, 0.717) is 18.2 Å². The van der Waals surface area contributed by atoms with Crippen molar-refractivity contribution in [3.63, 3.8) is 0 Å². The highest BCUT2D eigenvalue weighted by Gasteiger charge is 2.01. The average molecular weight is 229 g/mol. The Kier molecular flexibility index (Phi) is 5.19. The Morgan fingerprint density at radius 2 is 2.27 bits per heavy atom. The maximum atomic E-state index is 13.0. The van der Waals surface area contributed by atoms with Gasteiger partial charge in [0.15, 0.2) is 0 Å². The molecule has 0 aliphatic carbocycles. The molecule has 1 aromatic rings. The van der Waals surface area contributed by atoms with Crippen LogP contribution in [0.25, 0.3) is 6.08 Å². The maximum Gasteiger partial charge on any atom is 0.126 e. The normalized spacial score (nSPS) is 10.9. The van der Waals surface area contributed by atoms with Gasteiger partial charge in [0.1, 0.15) is 11.6 Å². The van der Waals surface area contributed by atoms with Gasteiger partial charge in [0, 0.05) is 11.4 Å². The molecule has 0 heterocycles. The topological polar surface area (TPSA) is 9.23 Å². The molecular formula is C12H14ClFO. The van der Waals surface area contributed by atoms with Crippen molar-refractivity contribution in [3.8, 4) is 5.75 Å². The highest BCUT2D eigenvalue weighted by atomic mass is 35.5. The van der Waals surface area contributed by atoms with Crippen LogP contribution in [0.2, 0.25) is 0 Å². The number of rotatable bonds is 5. The summed E-state index contributed by atoms with van der Waals surface area (Å²) in [6.07, 6.45) is 4.50. The minimum Gasteiger partial charge on any atom is -0.493 e. The Morgan fingerprint density at radius 3 is 2.93 bits per heavy atom. The zero-order valence-electron chi connectivity index (χ0n) is 8.67. The summed E-state index contributed by atoms with van der Waals surface area (Å²) < 4.78 is 18.4. The lowest BCUT2D eigenvalue weighted by atomic mass is 10.1. The molecule has 0 spiro atoms. The number of alkyl halides is 1. The van der Waals surface area contributed by atoms with Gasteiger partial charge in [-0.1, -0.05) is 12.2 Å². The largest absolute Gasteiger partial charge is 0.493 e. The van der Waals surface area contributed by atoms with Crippen molar-refractivity contribution >= 4 is 17.7 Å². The van der Waals surface area contributed by atoms with E-state index in [1.54, 1.807) is 6.07 Å². The summed E-state index contributed by atoms with van der Waals surface area (Å²) in [5.41, 5.74) is 0.752. The molecule has 0 aliphatic rings. The van der Waals surface area contributed by atoms with E-state index in [4.69, 9.17) is 16.3 Å². The standard InChI is InChI=1S/C12H14ClFO/c1-2-15-12-7-6-11(14)9-10(12)5-3-4-8-13/h3,5-7,9H,2,4,8H2,1H3. The number of hydrogen-bond acceptors (Lipinski definition) is 1. The van der Waals surface area contributed by atoms with Crippen LogP contribution in [-0.4, -0.2) is 12.5 Å². The summed E-state index contributed by atoms with van der Waals surface area (Å²) in [6, 6.07) is 4.48. The maximum absolute atomic E-state index is 13.0. The first kappa shape index (κ1) is 12.1. The van der Waals surface area contributed by atoms with E-state index in [0.717, 1.165) is 12.0 Å². The molecule has 1 rings (SSSR count). The molecule has 0 N–H and O–H groups in total. The van der Waals surface area contributed by atoms with Gasteiger partial charge in [-0.15, -0.1) is 11.6 Å². The Bertz CT molecular complexity index is 336. The predicted octanol–water partition coefficient (Wildman–Crippen LogP) is 3.87. The van der Waals surface area contributed by atoms with E-state index < -0.39 is 0 Å². The number of allylic oxidation sites excluding steroid dienone is 1. The quantitative estimate of drug-likeness (QED) is 0.696. The van der Waals surface area contributed by atoms with Crippen LogP contribution in [0.1, 0.15) is 18.9 Å². The van der Waals surface area contributed by atoms with Gasteiger partial charge >= 0.3 is 0 Å². The molecule has 0 saturated heterocycles. The van der Waals surface area contributed by atoms with E-state index in [1.165, 1.54) is 12.1 Å². The lowest BCUT2D eigenvalue weighted by Gasteiger charge is -2.06. The van der Waals surface area contributed by atoms with Crippen LogP contribution in [0.4, 0.5) is 4.39 Å². The fraction of sp³-hybridized carbons (Fsp3) is 0.333. The van der Waals surface area contributed by atoms with Crippen LogP contribution in [-0.2, 0) is 0 Å². The minimum absolute atomic E-state index is 0.260. The van der Waals surface area contributed by atoms with Gasteiger partial charge in [0.2, 0.25) is 0 Å². The van der Waals surface area contributed by atoms with Gasteiger partial charge < -0.3 is 4.74 Å². The van der Waals surface area contributed by atoms with Crippen molar-refractivity contribution < 1.29 is 9.13 Å². The third-order valence-electron chi connectivity index (χ3n) is 1.84. The van der Waals surface area contributed by atoms with Gasteiger partial charge in [-0.3, -0.25) is 0 Å². The summed E-state index contributed by atoms with van der Waals surface area (Å²) in [4.78, 5) is 0. The summed E-state index contributed by atoms with van der Waals surface area (Å²) in [7, 11) is 0. The monoisotopic (exact) mass is 228 g/mol. The molecule has 1 nitrogen and oxygen atoms in total. The Morgan fingerprint density at radius 1 is 1.47 bits per heavy atom. The molecule has 0 aliphatic heterocycles. The number of benzene rings is 1. The highest BCUT2D eigenvalue weighted by molar-refractivity contribution is 6.17. The zero-order valence-corrected chi connectivity index (χ0v) is 9.43. The fourth-order valence-corrected chi connectivity index (χ4v) is 1.34. The SMILES string of the molecule is CCOc1ccc(F)cc1C=CCCCl. The lowest BCUT2D eigenvalue weighted by molar-refractivity contribution is 0.339. The second kappa shape index (κ2) is 6.46. The molecular weight excluding hydrogens is 215 g/mol. The van der Waals surface area contributed by atoms with Gasteiger partial charge in [0.25, 0.3) is 0 Å². The first-order valence-electron chi connectivity index (χ1n) is 4.92. The van der Waals surface area contributed by atoms with Crippen molar-refractivity contribution in [2.75, 3.05) is 12.5 Å². The van der Waals surface area contributed by atoms with Crippen LogP contribution < -0.4 is 4.74 Å². The van der Waals surface area contributed by atoms with E-state index in [2.05, 4.69) is 0 Å². The summed E-state index contributed by atoms with van der Waals surface area (Å²) in [6.45, 7) is 2.47. The van der Waals surface area contributed by atoms with Crippen LogP contribution in [0.15, 0.2) is 24.3 Å². The second-order valence-corrected chi connectivity index (χ2v) is 3.37. The van der Waals surface area contributed by atoms with Gasteiger partial charge in [-0.05, 0) is 31.5 Å². The second-order valence-electron chi connectivity index (χ2n) is 3.00. The molecule has 0 atom stereocenters. The molecule has 0 radical (unpaired) electrons. The average Bonchev–Trinajstić information content (AvgIpc) is 2.22. The van der Waals surface area contributed by atoms with E-state index in [1.807, 2.05) is 19.1 Å². The molecule has 3 heteroatoms. The van der Waals surface area contributed by atoms with Crippen LogP contribution in [0, 0.1) is 5.82 Å². The Balaban J connectivity index is 2.86. The summed E-state index contributed by atoms with van der Waals surface area (Å²) in [5, 5.41) is 0. The molecule has 0 fully saturated rings. The Labute approximate surface area is 94.5 Å². The van der Waals surface area contributed by atoms with E-state index in [-0.39, 0.29) is 5.82 Å². The number of halogens is 2. The van der Waals surface area contributed by atoms with Gasteiger partial charge in [-0.25, -0.2) is 4.39 Å². The molecule has 0 unspecified atom stereocenters. The van der Waals surface area contributed by atoms with Crippen molar-refractivity contribution in [1.29, 1.82) is 0 Å². The Hall–Kier alpha value is -1.02. The molecule has 0 amide bonds. The molecule has 0 bridgehead atoms. The van der Waals surface area contributed by atoms with Crippen LogP contribution >= 0.6 is 11.6 Å². The molecule has 82 valence electrons. The third kappa shape index (κ3) is 3.92. The fourth-order valence-electron chi connectivity index (χ4n) is 1.21. The van der Waals surface area contributed by atoms with Gasteiger partial charge in [0.05, 0.1) is 6.61 Å². The summed E-state index contributed by atoms with van der Waals surface area (Å²) in [5.74, 6) is 1.00. The van der Waals surface area contributed by atoms with Gasteiger partial charge in [-0.2, -0.15) is 0 Å². The van der Waals surface area contributed by atoms with Crippen molar-refractivity contribution in [1.82, 2.24) is 0 Å². The van der Waals surface area contributed by atoms with E-state index in [9.17, 15) is 4.39 Å². The predicted molar refractivity (Wildman–Crippen MR) is 61.9 cm³/mol. The molecule has 0 saturated carbocycles. The number of hydrogen-bond donors (Lipinski definition) is 0. The van der Waals surface area contributed by atoms with Crippen molar-refractivity contribution in [3.05, 3.63) is 35.7 Å². The summed E-state index contributed by atoms with van der Waals surface area (Å²) >= 11 is 5.54. The first-order chi connectivity index (χ1) is 7.27. The zero-order chi connectivity index (χ0) is 11.1. The molecule has 1 aromatic carbocycles.